The number of hydrogen-bond acceptors (Lipinski definition) is 2. The van der Waals surface area contributed by atoms with Crippen LogP contribution in [0.4, 0.5) is 0 Å². The van der Waals surface area contributed by atoms with E-state index in [-0.39, 0.29) is 5.92 Å². The third-order valence-corrected chi connectivity index (χ3v) is 4.95. The van der Waals surface area contributed by atoms with Gasteiger partial charge in [-0.25, -0.2) is 0 Å². The number of rotatable bonds is 1. The molecule has 3 nitrogen and oxygen atoms in total. The van der Waals surface area contributed by atoms with Gasteiger partial charge >= 0.3 is 0 Å². The van der Waals surface area contributed by atoms with Crippen molar-refractivity contribution in [3.8, 4) is 0 Å². The summed E-state index contributed by atoms with van der Waals surface area (Å²) in [5, 5.41) is 3.39. The molecule has 2 fully saturated rings. The van der Waals surface area contributed by atoms with Crippen LogP contribution >= 0.6 is 0 Å². The summed E-state index contributed by atoms with van der Waals surface area (Å²) in [6.45, 7) is 13.1. The van der Waals surface area contributed by atoms with Crippen LogP contribution in [0.1, 0.15) is 47.0 Å². The molecule has 0 radical (unpaired) electrons. The van der Waals surface area contributed by atoms with Crippen molar-refractivity contribution < 1.29 is 4.79 Å². The van der Waals surface area contributed by atoms with Crippen molar-refractivity contribution in [2.45, 2.75) is 47.0 Å². The van der Waals surface area contributed by atoms with Crippen LogP contribution in [-0.4, -0.2) is 37.0 Å². The average molecular weight is 266 g/mol. The van der Waals surface area contributed by atoms with Gasteiger partial charge in [0.25, 0.3) is 0 Å². The Hall–Kier alpha value is -0.570. The monoisotopic (exact) mass is 266 g/mol. The van der Waals surface area contributed by atoms with Crippen molar-refractivity contribution in [3.05, 3.63) is 0 Å². The second kappa shape index (κ2) is 5.82. The summed E-state index contributed by atoms with van der Waals surface area (Å²) < 4.78 is 0. The lowest BCUT2D eigenvalue weighted by molar-refractivity contribution is -0.138. The van der Waals surface area contributed by atoms with E-state index in [4.69, 9.17) is 0 Å². The molecule has 0 aromatic carbocycles. The zero-order chi connectivity index (χ0) is 14.0. The van der Waals surface area contributed by atoms with Crippen molar-refractivity contribution >= 4 is 5.91 Å². The smallest absolute Gasteiger partial charge is 0.226 e. The average Bonchev–Trinajstić information content (AvgIpc) is 2.37. The Bertz CT molecular complexity index is 313. The maximum absolute atomic E-state index is 12.5. The standard InChI is InChI=1S/C16H30N2O/c1-12-9-13(11-17-10-12)15(19)18-7-5-14(6-8-18)16(2,3)4/h12-14,17H,5-11H2,1-4H3. The Morgan fingerprint density at radius 2 is 1.79 bits per heavy atom. The molecule has 1 N–H and O–H groups in total. The molecule has 19 heavy (non-hydrogen) atoms. The summed E-state index contributed by atoms with van der Waals surface area (Å²) in [4.78, 5) is 14.7. The van der Waals surface area contributed by atoms with Gasteiger partial charge in [-0.05, 0) is 43.1 Å². The molecular weight excluding hydrogens is 236 g/mol. The first-order chi connectivity index (χ1) is 8.88. The summed E-state index contributed by atoms with van der Waals surface area (Å²) in [7, 11) is 0. The van der Waals surface area contributed by atoms with Crippen LogP contribution in [0.15, 0.2) is 0 Å². The van der Waals surface area contributed by atoms with Gasteiger partial charge in [0.05, 0.1) is 5.92 Å². The molecule has 2 aliphatic rings. The lowest BCUT2D eigenvalue weighted by Gasteiger charge is -2.40. The highest BCUT2D eigenvalue weighted by Crippen LogP contribution is 2.34. The zero-order valence-corrected chi connectivity index (χ0v) is 13.0. The van der Waals surface area contributed by atoms with Crippen molar-refractivity contribution in [2.24, 2.45) is 23.2 Å². The largest absolute Gasteiger partial charge is 0.342 e. The molecule has 0 saturated carbocycles. The van der Waals surface area contributed by atoms with Crippen molar-refractivity contribution in [1.82, 2.24) is 10.2 Å². The van der Waals surface area contributed by atoms with Crippen molar-refractivity contribution in [3.63, 3.8) is 0 Å². The fourth-order valence-corrected chi connectivity index (χ4v) is 3.57. The van der Waals surface area contributed by atoms with Gasteiger partial charge in [0.2, 0.25) is 5.91 Å². The lowest BCUT2D eigenvalue weighted by atomic mass is 9.75. The SMILES string of the molecule is CC1CNCC(C(=O)N2CCC(C(C)(C)C)CC2)C1. The van der Waals surface area contributed by atoms with E-state index in [0.717, 1.165) is 38.5 Å². The van der Waals surface area contributed by atoms with Gasteiger partial charge in [0.15, 0.2) is 0 Å². The van der Waals surface area contributed by atoms with E-state index in [9.17, 15) is 4.79 Å². The van der Waals surface area contributed by atoms with Crippen LogP contribution in [0.3, 0.4) is 0 Å². The number of piperidine rings is 2. The molecule has 0 spiro atoms. The molecule has 2 rings (SSSR count). The lowest BCUT2D eigenvalue weighted by Crippen LogP contribution is -2.48. The van der Waals surface area contributed by atoms with Gasteiger partial charge in [-0.3, -0.25) is 4.79 Å². The normalized spacial score (nSPS) is 30.4. The van der Waals surface area contributed by atoms with E-state index in [1.807, 2.05) is 0 Å². The van der Waals surface area contributed by atoms with E-state index < -0.39 is 0 Å². The quantitative estimate of drug-likeness (QED) is 0.791. The summed E-state index contributed by atoms with van der Waals surface area (Å²) in [6, 6.07) is 0. The summed E-state index contributed by atoms with van der Waals surface area (Å²) >= 11 is 0. The van der Waals surface area contributed by atoms with Gasteiger partial charge in [-0.2, -0.15) is 0 Å². The Kier molecular flexibility index (Phi) is 4.54. The minimum absolute atomic E-state index is 0.218. The summed E-state index contributed by atoms with van der Waals surface area (Å²) in [5.41, 5.74) is 0.385. The van der Waals surface area contributed by atoms with Gasteiger partial charge in [-0.1, -0.05) is 27.7 Å². The first-order valence-corrected chi connectivity index (χ1v) is 7.87. The number of amides is 1. The number of carbonyl (C=O) groups excluding carboxylic acids is 1. The molecule has 110 valence electrons. The number of nitrogens with zero attached hydrogens (tertiary/aromatic N) is 1. The van der Waals surface area contributed by atoms with Crippen LogP contribution in [0.2, 0.25) is 0 Å². The molecule has 0 aromatic rings. The molecular formula is C16H30N2O. The topological polar surface area (TPSA) is 32.3 Å². The number of nitrogens with one attached hydrogen (secondary N) is 1. The molecule has 0 aromatic heterocycles. The Morgan fingerprint density at radius 3 is 2.32 bits per heavy atom. The summed E-state index contributed by atoms with van der Waals surface area (Å²) in [6.07, 6.45) is 3.40. The first-order valence-electron chi connectivity index (χ1n) is 7.87. The molecule has 2 saturated heterocycles. The molecule has 0 bridgehead atoms. The fourth-order valence-electron chi connectivity index (χ4n) is 3.57. The Balaban J connectivity index is 1.85. The third kappa shape index (κ3) is 3.71. The third-order valence-electron chi connectivity index (χ3n) is 4.95. The number of carbonyl (C=O) groups is 1. The molecule has 3 heteroatoms. The van der Waals surface area contributed by atoms with E-state index >= 15 is 0 Å². The Labute approximate surface area is 118 Å². The van der Waals surface area contributed by atoms with E-state index in [0.29, 0.717) is 17.2 Å². The van der Waals surface area contributed by atoms with Crippen LogP contribution in [0.5, 0.6) is 0 Å². The second-order valence-corrected chi connectivity index (χ2v) is 7.66. The van der Waals surface area contributed by atoms with E-state index in [2.05, 4.69) is 37.9 Å². The minimum atomic E-state index is 0.218. The van der Waals surface area contributed by atoms with Gasteiger partial charge in [-0.15, -0.1) is 0 Å². The van der Waals surface area contributed by atoms with Gasteiger partial charge < -0.3 is 10.2 Å². The molecule has 1 amide bonds. The Morgan fingerprint density at radius 1 is 1.16 bits per heavy atom. The number of hydrogen-bond donors (Lipinski definition) is 1. The first kappa shape index (κ1) is 14.8. The van der Waals surface area contributed by atoms with Crippen LogP contribution in [0.25, 0.3) is 0 Å². The maximum Gasteiger partial charge on any atom is 0.226 e. The van der Waals surface area contributed by atoms with Crippen LogP contribution in [-0.2, 0) is 4.79 Å². The molecule has 0 aliphatic carbocycles. The highest BCUT2D eigenvalue weighted by molar-refractivity contribution is 5.79. The highest BCUT2D eigenvalue weighted by Gasteiger charge is 2.33. The maximum atomic E-state index is 12.5. The summed E-state index contributed by atoms with van der Waals surface area (Å²) in [5.74, 6) is 2.01. The molecule has 2 atom stereocenters. The predicted molar refractivity (Wildman–Crippen MR) is 78.9 cm³/mol. The fraction of sp³-hybridized carbons (Fsp3) is 0.938. The molecule has 2 aliphatic heterocycles. The predicted octanol–water partition coefficient (Wildman–Crippen LogP) is 2.52. The van der Waals surface area contributed by atoms with Crippen molar-refractivity contribution in [2.75, 3.05) is 26.2 Å². The minimum Gasteiger partial charge on any atom is -0.342 e. The molecule has 2 heterocycles. The van der Waals surface area contributed by atoms with Gasteiger partial charge in [0.1, 0.15) is 0 Å². The highest BCUT2D eigenvalue weighted by atomic mass is 16.2. The number of likely N-dealkylation sites (tertiary alicyclic amines) is 1. The zero-order valence-electron chi connectivity index (χ0n) is 13.0. The van der Waals surface area contributed by atoms with Crippen molar-refractivity contribution in [1.29, 1.82) is 0 Å². The van der Waals surface area contributed by atoms with Crippen LogP contribution in [0, 0.1) is 23.2 Å². The second-order valence-electron chi connectivity index (χ2n) is 7.66. The molecule has 2 unspecified atom stereocenters. The van der Waals surface area contributed by atoms with Crippen LogP contribution < -0.4 is 5.32 Å². The van der Waals surface area contributed by atoms with Gasteiger partial charge in [0, 0.05) is 19.6 Å². The van der Waals surface area contributed by atoms with E-state index in [1.165, 1.54) is 12.8 Å². The van der Waals surface area contributed by atoms with E-state index in [1.54, 1.807) is 0 Å².